The molecule has 0 fully saturated rings. The Morgan fingerprint density at radius 3 is 2.62 bits per heavy atom. The summed E-state index contributed by atoms with van der Waals surface area (Å²) in [5, 5.41) is 5.46. The SMILES string of the molecule is CO[C@H](C)CNC(=O)Nc1ccc(I)cc1. The van der Waals surface area contributed by atoms with E-state index >= 15 is 0 Å². The van der Waals surface area contributed by atoms with E-state index < -0.39 is 0 Å². The van der Waals surface area contributed by atoms with E-state index in [-0.39, 0.29) is 12.1 Å². The Labute approximate surface area is 109 Å². The molecule has 1 atom stereocenters. The predicted octanol–water partition coefficient (Wildman–Crippen LogP) is 2.45. The first-order valence-electron chi connectivity index (χ1n) is 4.95. The molecule has 0 aliphatic carbocycles. The highest BCUT2D eigenvalue weighted by Crippen LogP contribution is 2.10. The van der Waals surface area contributed by atoms with Gasteiger partial charge in [-0.15, -0.1) is 0 Å². The summed E-state index contributed by atoms with van der Waals surface area (Å²) in [6.45, 7) is 2.39. The zero-order valence-electron chi connectivity index (χ0n) is 9.29. The van der Waals surface area contributed by atoms with Crippen LogP contribution in [0.1, 0.15) is 6.92 Å². The second-order valence-corrected chi connectivity index (χ2v) is 4.63. The molecule has 0 bridgehead atoms. The van der Waals surface area contributed by atoms with Crippen LogP contribution in [-0.2, 0) is 4.74 Å². The molecule has 1 aromatic rings. The van der Waals surface area contributed by atoms with Crippen LogP contribution in [-0.4, -0.2) is 25.8 Å². The van der Waals surface area contributed by atoms with Gasteiger partial charge in [0.25, 0.3) is 0 Å². The van der Waals surface area contributed by atoms with Gasteiger partial charge in [0.1, 0.15) is 0 Å². The molecule has 16 heavy (non-hydrogen) atoms. The van der Waals surface area contributed by atoms with Crippen LogP contribution >= 0.6 is 22.6 Å². The quantitative estimate of drug-likeness (QED) is 0.831. The van der Waals surface area contributed by atoms with Gasteiger partial charge in [0.2, 0.25) is 0 Å². The van der Waals surface area contributed by atoms with E-state index in [0.29, 0.717) is 6.54 Å². The number of nitrogens with one attached hydrogen (secondary N) is 2. The molecule has 0 aliphatic rings. The number of benzene rings is 1. The molecule has 5 heteroatoms. The minimum atomic E-state index is -0.217. The largest absolute Gasteiger partial charge is 0.380 e. The molecule has 0 radical (unpaired) electrons. The van der Waals surface area contributed by atoms with Crippen LogP contribution in [0.5, 0.6) is 0 Å². The Bertz CT molecular complexity index is 340. The van der Waals surface area contributed by atoms with Gasteiger partial charge in [0.05, 0.1) is 6.10 Å². The van der Waals surface area contributed by atoms with Crippen LogP contribution < -0.4 is 10.6 Å². The monoisotopic (exact) mass is 334 g/mol. The lowest BCUT2D eigenvalue weighted by molar-refractivity contribution is 0.119. The van der Waals surface area contributed by atoms with Gasteiger partial charge in [-0.3, -0.25) is 0 Å². The van der Waals surface area contributed by atoms with Gasteiger partial charge in [0, 0.05) is 22.9 Å². The third-order valence-electron chi connectivity index (χ3n) is 2.05. The smallest absolute Gasteiger partial charge is 0.319 e. The van der Waals surface area contributed by atoms with Crippen molar-refractivity contribution in [3.63, 3.8) is 0 Å². The molecule has 0 unspecified atom stereocenters. The van der Waals surface area contributed by atoms with E-state index in [1.807, 2.05) is 31.2 Å². The minimum absolute atomic E-state index is 0.0162. The molecule has 0 saturated heterocycles. The summed E-state index contributed by atoms with van der Waals surface area (Å²) in [7, 11) is 1.61. The second kappa shape index (κ2) is 6.70. The molecule has 2 N–H and O–H groups in total. The summed E-state index contributed by atoms with van der Waals surface area (Å²) in [5.74, 6) is 0. The maximum absolute atomic E-state index is 11.4. The van der Waals surface area contributed by atoms with Crippen LogP contribution in [0, 0.1) is 3.57 Å². The Morgan fingerprint density at radius 1 is 1.44 bits per heavy atom. The maximum Gasteiger partial charge on any atom is 0.319 e. The van der Waals surface area contributed by atoms with Gasteiger partial charge in [-0.25, -0.2) is 4.79 Å². The molecule has 1 rings (SSSR count). The average molecular weight is 334 g/mol. The van der Waals surface area contributed by atoms with E-state index in [2.05, 4.69) is 33.2 Å². The third-order valence-corrected chi connectivity index (χ3v) is 2.77. The van der Waals surface area contributed by atoms with Crippen molar-refractivity contribution < 1.29 is 9.53 Å². The van der Waals surface area contributed by atoms with Crippen molar-refractivity contribution >= 4 is 34.3 Å². The highest BCUT2D eigenvalue weighted by atomic mass is 127. The van der Waals surface area contributed by atoms with Crippen LogP contribution in [0.25, 0.3) is 0 Å². The number of urea groups is 1. The lowest BCUT2D eigenvalue weighted by Crippen LogP contribution is -2.34. The zero-order chi connectivity index (χ0) is 12.0. The number of carbonyl (C=O) groups is 1. The fourth-order valence-corrected chi connectivity index (χ4v) is 1.39. The van der Waals surface area contributed by atoms with E-state index in [1.165, 1.54) is 0 Å². The first-order chi connectivity index (χ1) is 7.61. The molecular weight excluding hydrogens is 319 g/mol. The van der Waals surface area contributed by atoms with Crippen molar-refractivity contribution in [1.29, 1.82) is 0 Å². The van der Waals surface area contributed by atoms with Crippen LogP contribution in [0.4, 0.5) is 10.5 Å². The summed E-state index contributed by atoms with van der Waals surface area (Å²) < 4.78 is 6.16. The number of rotatable bonds is 4. The fourth-order valence-electron chi connectivity index (χ4n) is 1.03. The van der Waals surface area contributed by atoms with Gasteiger partial charge in [-0.2, -0.15) is 0 Å². The summed E-state index contributed by atoms with van der Waals surface area (Å²) in [5.41, 5.74) is 0.781. The summed E-state index contributed by atoms with van der Waals surface area (Å²) in [6.07, 6.45) is 0.0162. The molecule has 4 nitrogen and oxygen atoms in total. The molecule has 0 aliphatic heterocycles. The van der Waals surface area contributed by atoms with Crippen molar-refractivity contribution in [3.8, 4) is 0 Å². The van der Waals surface area contributed by atoms with Gasteiger partial charge in [-0.05, 0) is 53.8 Å². The van der Waals surface area contributed by atoms with Gasteiger partial charge >= 0.3 is 6.03 Å². The third kappa shape index (κ3) is 4.80. The second-order valence-electron chi connectivity index (χ2n) is 3.39. The normalized spacial score (nSPS) is 11.9. The van der Waals surface area contributed by atoms with E-state index in [4.69, 9.17) is 4.74 Å². The molecule has 0 aromatic heterocycles. The Kier molecular flexibility index (Phi) is 5.54. The Balaban J connectivity index is 2.37. The van der Waals surface area contributed by atoms with Gasteiger partial charge < -0.3 is 15.4 Å². The number of amides is 2. The van der Waals surface area contributed by atoms with Crippen molar-refractivity contribution in [2.45, 2.75) is 13.0 Å². The van der Waals surface area contributed by atoms with Crippen molar-refractivity contribution in [2.75, 3.05) is 19.0 Å². The average Bonchev–Trinajstić information content (AvgIpc) is 2.29. The van der Waals surface area contributed by atoms with Crippen molar-refractivity contribution in [2.24, 2.45) is 0 Å². The fraction of sp³-hybridized carbons (Fsp3) is 0.364. The predicted molar refractivity (Wildman–Crippen MR) is 72.7 cm³/mol. The number of anilines is 1. The summed E-state index contributed by atoms with van der Waals surface area (Å²) in [4.78, 5) is 11.4. The molecule has 88 valence electrons. The van der Waals surface area contributed by atoms with Gasteiger partial charge in [0.15, 0.2) is 0 Å². The van der Waals surface area contributed by atoms with Crippen LogP contribution in [0.2, 0.25) is 0 Å². The van der Waals surface area contributed by atoms with Crippen molar-refractivity contribution in [1.82, 2.24) is 5.32 Å². The molecule has 1 aromatic carbocycles. The number of methoxy groups -OCH3 is 1. The number of halogens is 1. The first kappa shape index (κ1) is 13.2. The minimum Gasteiger partial charge on any atom is -0.380 e. The van der Waals surface area contributed by atoms with E-state index in [1.54, 1.807) is 7.11 Å². The van der Waals surface area contributed by atoms with E-state index in [9.17, 15) is 4.79 Å². The lowest BCUT2D eigenvalue weighted by Gasteiger charge is -2.11. The highest BCUT2D eigenvalue weighted by molar-refractivity contribution is 14.1. The number of carbonyl (C=O) groups excluding carboxylic acids is 1. The molecule has 0 spiro atoms. The molecule has 0 saturated carbocycles. The van der Waals surface area contributed by atoms with Crippen LogP contribution in [0.15, 0.2) is 24.3 Å². The standard InChI is InChI=1S/C11H15IN2O2/c1-8(16-2)7-13-11(15)14-10-5-3-9(12)4-6-10/h3-6,8H,7H2,1-2H3,(H2,13,14,15)/t8-/m1/s1. The highest BCUT2D eigenvalue weighted by Gasteiger charge is 2.03. The Hall–Kier alpha value is -0.820. The van der Waals surface area contributed by atoms with E-state index in [0.717, 1.165) is 9.26 Å². The molecular formula is C11H15IN2O2. The van der Waals surface area contributed by atoms with Gasteiger partial charge in [-0.1, -0.05) is 0 Å². The molecule has 0 heterocycles. The number of hydrogen-bond acceptors (Lipinski definition) is 2. The zero-order valence-corrected chi connectivity index (χ0v) is 11.4. The molecule has 2 amide bonds. The first-order valence-corrected chi connectivity index (χ1v) is 6.03. The Morgan fingerprint density at radius 2 is 2.06 bits per heavy atom. The van der Waals surface area contributed by atoms with Crippen molar-refractivity contribution in [3.05, 3.63) is 27.8 Å². The topological polar surface area (TPSA) is 50.4 Å². The maximum atomic E-state index is 11.4. The summed E-state index contributed by atoms with van der Waals surface area (Å²) >= 11 is 2.22. The number of hydrogen-bond donors (Lipinski definition) is 2. The van der Waals surface area contributed by atoms with Crippen LogP contribution in [0.3, 0.4) is 0 Å². The number of ether oxygens (including phenoxy) is 1. The summed E-state index contributed by atoms with van der Waals surface area (Å²) in [6, 6.07) is 7.38. The lowest BCUT2D eigenvalue weighted by atomic mass is 10.3.